The highest BCUT2D eigenvalue weighted by Crippen LogP contribution is 2.38. The number of alkyl halides is 3. The number of nitriles is 1. The van der Waals surface area contributed by atoms with Crippen LogP contribution in [-0.2, 0) is 15.1 Å². The summed E-state index contributed by atoms with van der Waals surface area (Å²) >= 11 is 0. The van der Waals surface area contributed by atoms with Crippen LogP contribution in [0.4, 0.5) is 24.7 Å². The number of benzene rings is 1. The molecule has 4 rings (SSSR count). The summed E-state index contributed by atoms with van der Waals surface area (Å²) in [4.78, 5) is 26.7. The maximum atomic E-state index is 13.6. The van der Waals surface area contributed by atoms with Gasteiger partial charge < -0.3 is 25.5 Å². The van der Waals surface area contributed by atoms with Gasteiger partial charge in [0.2, 0.25) is 0 Å². The molecule has 1 aliphatic heterocycles. The van der Waals surface area contributed by atoms with Gasteiger partial charge in [-0.25, -0.2) is 4.79 Å². The molecule has 38 heavy (non-hydrogen) atoms. The first-order chi connectivity index (χ1) is 17.9. The van der Waals surface area contributed by atoms with Gasteiger partial charge in [0.1, 0.15) is 11.4 Å². The van der Waals surface area contributed by atoms with Crippen molar-refractivity contribution in [3.63, 3.8) is 0 Å². The Labute approximate surface area is 215 Å². The van der Waals surface area contributed by atoms with E-state index >= 15 is 0 Å². The number of pyridine rings is 1. The second kappa shape index (κ2) is 10.5. The van der Waals surface area contributed by atoms with Crippen LogP contribution in [0.5, 0.6) is 0 Å². The van der Waals surface area contributed by atoms with Gasteiger partial charge in [-0.1, -0.05) is 26.0 Å². The van der Waals surface area contributed by atoms with Crippen LogP contribution in [0.25, 0.3) is 10.9 Å². The van der Waals surface area contributed by atoms with Crippen molar-refractivity contribution in [2.75, 3.05) is 11.9 Å². The van der Waals surface area contributed by atoms with Crippen molar-refractivity contribution < 1.29 is 27.8 Å². The largest absolute Gasteiger partial charge is 0.479 e. The highest BCUT2D eigenvalue weighted by Gasteiger charge is 2.43. The highest BCUT2D eigenvalue weighted by molar-refractivity contribution is 5.91. The molecular weight excluding hydrogens is 505 g/mol. The van der Waals surface area contributed by atoms with E-state index in [-0.39, 0.29) is 42.6 Å². The molecule has 1 aliphatic rings. The van der Waals surface area contributed by atoms with Crippen LogP contribution in [0.2, 0.25) is 0 Å². The van der Waals surface area contributed by atoms with Gasteiger partial charge in [-0.3, -0.25) is 9.48 Å². The van der Waals surface area contributed by atoms with E-state index in [0.29, 0.717) is 11.2 Å². The number of aliphatic carboxylic acids is 1. The fraction of sp³-hybridized carbons (Fsp3) is 0.440. The van der Waals surface area contributed by atoms with Gasteiger partial charge in [-0.05, 0) is 36.6 Å². The number of ether oxygens (including phenoxy) is 1. The summed E-state index contributed by atoms with van der Waals surface area (Å²) in [6.45, 7) is 3.16. The second-order valence-electron chi connectivity index (χ2n) is 9.61. The molecule has 0 radical (unpaired) electrons. The maximum Gasteiger partial charge on any atom is 0.407 e. The predicted octanol–water partition coefficient (Wildman–Crippen LogP) is 3.94. The molecule has 10 nitrogen and oxygen atoms in total. The van der Waals surface area contributed by atoms with Crippen molar-refractivity contribution in [2.24, 2.45) is 0 Å². The molecule has 13 heteroatoms. The number of fused-ring (bicyclic) bond motifs is 1. The lowest BCUT2D eigenvalue weighted by Crippen LogP contribution is -2.46. The van der Waals surface area contributed by atoms with Crippen molar-refractivity contribution in [1.29, 1.82) is 5.26 Å². The summed E-state index contributed by atoms with van der Waals surface area (Å²) < 4.78 is 47.8. The molecule has 3 heterocycles. The third-order valence-corrected chi connectivity index (χ3v) is 6.50. The zero-order valence-corrected chi connectivity index (χ0v) is 20.7. The van der Waals surface area contributed by atoms with Crippen LogP contribution in [0.15, 0.2) is 41.3 Å². The lowest BCUT2D eigenvalue weighted by Gasteiger charge is -2.38. The molecule has 0 bridgehead atoms. The summed E-state index contributed by atoms with van der Waals surface area (Å²) in [6, 6.07) is 7.11. The van der Waals surface area contributed by atoms with Gasteiger partial charge in [-0.2, -0.15) is 23.5 Å². The quantitative estimate of drug-likeness (QED) is 0.341. The SMILES string of the molecule is CC(C)NC(c1ccc(Nc2nn(C3(CC#N)CCC(C(=O)O)OC3)c3cc[nH]c(=O)c23)cc1)C(F)(F)F. The maximum absolute atomic E-state index is 13.6. The number of carbonyl (C=O) groups is 1. The van der Waals surface area contributed by atoms with E-state index in [1.165, 1.54) is 35.1 Å². The number of hydrogen-bond acceptors (Lipinski definition) is 7. The third kappa shape index (κ3) is 5.36. The summed E-state index contributed by atoms with van der Waals surface area (Å²) in [7, 11) is 0. The van der Waals surface area contributed by atoms with Crippen molar-refractivity contribution in [3.8, 4) is 6.07 Å². The predicted molar refractivity (Wildman–Crippen MR) is 132 cm³/mol. The monoisotopic (exact) mass is 532 g/mol. The zero-order valence-electron chi connectivity index (χ0n) is 20.7. The van der Waals surface area contributed by atoms with E-state index in [2.05, 4.69) is 26.8 Å². The lowest BCUT2D eigenvalue weighted by molar-refractivity contribution is -0.159. The summed E-state index contributed by atoms with van der Waals surface area (Å²) in [5, 5.41) is 29.1. The summed E-state index contributed by atoms with van der Waals surface area (Å²) in [5.41, 5.74) is -0.643. The van der Waals surface area contributed by atoms with Crippen molar-refractivity contribution in [2.45, 2.75) is 63.0 Å². The minimum atomic E-state index is -4.49. The Morgan fingerprint density at radius 3 is 2.61 bits per heavy atom. The molecule has 0 aliphatic carbocycles. The average Bonchev–Trinajstić information content (AvgIpc) is 3.23. The number of hydrogen-bond donors (Lipinski definition) is 4. The standard InChI is InChI=1S/C25H27F3N6O4/c1-14(2)31-20(25(26,27)28)15-3-5-16(6-4-15)32-21-19-17(8-12-30-22(19)35)34(33-21)24(10-11-29)9-7-18(23(36)37)38-13-24/h3-6,8,12,14,18,20,31H,7,9-10,13H2,1-2H3,(H,30,35)(H,32,33)(H,36,37). The highest BCUT2D eigenvalue weighted by atomic mass is 19.4. The van der Waals surface area contributed by atoms with E-state index in [1.54, 1.807) is 19.9 Å². The zero-order chi connectivity index (χ0) is 27.7. The summed E-state index contributed by atoms with van der Waals surface area (Å²) in [5.74, 6) is -0.959. The average molecular weight is 533 g/mol. The van der Waals surface area contributed by atoms with Crippen LogP contribution in [-0.4, -0.2) is 50.8 Å². The smallest absolute Gasteiger partial charge is 0.407 e. The van der Waals surface area contributed by atoms with Gasteiger partial charge in [0.25, 0.3) is 5.56 Å². The Hall–Kier alpha value is -3.89. The number of aromatic nitrogens is 3. The molecule has 1 aromatic carbocycles. The van der Waals surface area contributed by atoms with Gasteiger partial charge >= 0.3 is 12.1 Å². The van der Waals surface area contributed by atoms with E-state index < -0.39 is 41.4 Å². The van der Waals surface area contributed by atoms with Gasteiger partial charge in [0.15, 0.2) is 11.9 Å². The van der Waals surface area contributed by atoms with Crippen molar-refractivity contribution in [1.82, 2.24) is 20.1 Å². The van der Waals surface area contributed by atoms with E-state index in [1.807, 2.05) is 0 Å². The first kappa shape index (κ1) is 27.2. The van der Waals surface area contributed by atoms with E-state index in [0.717, 1.165) is 0 Å². The van der Waals surface area contributed by atoms with E-state index in [9.17, 15) is 33.1 Å². The Bertz CT molecular complexity index is 1400. The second-order valence-corrected chi connectivity index (χ2v) is 9.61. The molecule has 2 aromatic heterocycles. The minimum Gasteiger partial charge on any atom is -0.479 e. The minimum absolute atomic E-state index is 0.0327. The van der Waals surface area contributed by atoms with Crippen LogP contribution in [0, 0.1) is 11.3 Å². The summed E-state index contributed by atoms with van der Waals surface area (Å²) in [6.07, 6.45) is -3.68. The topological polar surface area (TPSA) is 145 Å². The van der Waals surface area contributed by atoms with Gasteiger partial charge in [-0.15, -0.1) is 0 Å². The van der Waals surface area contributed by atoms with Crippen LogP contribution >= 0.6 is 0 Å². The van der Waals surface area contributed by atoms with Crippen molar-refractivity contribution in [3.05, 3.63) is 52.4 Å². The number of nitrogens with zero attached hydrogens (tertiary/aromatic N) is 3. The number of aromatic amines is 1. The van der Waals surface area contributed by atoms with Crippen LogP contribution < -0.4 is 16.2 Å². The van der Waals surface area contributed by atoms with Crippen LogP contribution in [0.3, 0.4) is 0 Å². The first-order valence-corrected chi connectivity index (χ1v) is 12.0. The molecule has 4 N–H and O–H groups in total. The number of H-pyrrole nitrogens is 1. The number of rotatable bonds is 8. The fourth-order valence-corrected chi connectivity index (χ4v) is 4.67. The van der Waals surface area contributed by atoms with Crippen LogP contribution in [0.1, 0.15) is 44.7 Å². The molecule has 1 saturated heterocycles. The number of carboxylic acid groups (broad SMARTS) is 1. The number of halogens is 3. The Morgan fingerprint density at radius 1 is 1.34 bits per heavy atom. The molecule has 3 aromatic rings. The molecule has 3 atom stereocenters. The Kier molecular flexibility index (Phi) is 7.48. The fourth-order valence-electron chi connectivity index (χ4n) is 4.67. The molecular formula is C25H27F3N6O4. The van der Waals surface area contributed by atoms with Crippen molar-refractivity contribution >= 4 is 28.4 Å². The number of carboxylic acids is 1. The normalized spacial score (nSPS) is 20.8. The molecule has 1 fully saturated rings. The molecule has 0 amide bonds. The molecule has 3 unspecified atom stereocenters. The number of nitrogens with one attached hydrogen (secondary N) is 3. The first-order valence-electron chi connectivity index (χ1n) is 12.0. The van der Waals surface area contributed by atoms with Gasteiger partial charge in [0, 0.05) is 17.9 Å². The Morgan fingerprint density at radius 2 is 2.05 bits per heavy atom. The van der Waals surface area contributed by atoms with Gasteiger partial charge in [0.05, 0.1) is 30.2 Å². The number of anilines is 2. The van der Waals surface area contributed by atoms with E-state index in [4.69, 9.17) is 4.74 Å². The lowest BCUT2D eigenvalue weighted by atomic mass is 9.87. The molecule has 0 spiro atoms. The molecule has 0 saturated carbocycles. The third-order valence-electron chi connectivity index (χ3n) is 6.50. The Balaban J connectivity index is 1.70. The molecule has 202 valence electrons.